The average molecular weight is 346 g/mol. The number of piperazine rings is 1. The molecule has 0 spiro atoms. The van der Waals surface area contributed by atoms with Gasteiger partial charge >= 0.3 is 0 Å². The second-order valence-corrected chi connectivity index (χ2v) is 6.73. The minimum absolute atomic E-state index is 0.181. The maximum Gasteiger partial charge on any atom is 0.271 e. The lowest BCUT2D eigenvalue weighted by molar-refractivity contribution is 0.0946. The summed E-state index contributed by atoms with van der Waals surface area (Å²) in [5, 5.41) is 5.43. The van der Waals surface area contributed by atoms with E-state index in [2.05, 4.69) is 32.1 Å². The highest BCUT2D eigenvalue weighted by molar-refractivity contribution is 7.09. The SMILES string of the molecule is CN1CCN(c2ncccc2CNC(=O)c2csc(CN)n2)CC1. The van der Waals surface area contributed by atoms with Crippen molar-refractivity contribution < 1.29 is 4.79 Å². The first-order chi connectivity index (χ1) is 11.7. The Morgan fingerprint density at radius 3 is 2.88 bits per heavy atom. The van der Waals surface area contributed by atoms with E-state index in [4.69, 9.17) is 5.73 Å². The molecule has 3 N–H and O–H groups in total. The molecule has 0 radical (unpaired) electrons. The Balaban J connectivity index is 1.66. The summed E-state index contributed by atoms with van der Waals surface area (Å²) in [4.78, 5) is 25.5. The third kappa shape index (κ3) is 3.89. The number of hydrogen-bond donors (Lipinski definition) is 2. The molecular weight excluding hydrogens is 324 g/mol. The Hall–Kier alpha value is -2.03. The van der Waals surface area contributed by atoms with E-state index in [1.54, 1.807) is 11.6 Å². The van der Waals surface area contributed by atoms with E-state index in [1.807, 2.05) is 12.1 Å². The normalized spacial score (nSPS) is 15.5. The number of carbonyl (C=O) groups is 1. The van der Waals surface area contributed by atoms with Gasteiger partial charge in [0.2, 0.25) is 0 Å². The number of rotatable bonds is 5. The van der Waals surface area contributed by atoms with Crippen LogP contribution in [0.5, 0.6) is 0 Å². The summed E-state index contributed by atoms with van der Waals surface area (Å²) in [5.41, 5.74) is 6.98. The Labute approximate surface area is 145 Å². The van der Waals surface area contributed by atoms with Crippen LogP contribution in [0.2, 0.25) is 0 Å². The molecule has 2 aromatic rings. The molecule has 1 amide bonds. The lowest BCUT2D eigenvalue weighted by Gasteiger charge is -2.34. The molecule has 0 atom stereocenters. The molecule has 1 saturated heterocycles. The third-order valence-corrected chi connectivity index (χ3v) is 4.94. The molecule has 0 bridgehead atoms. The van der Waals surface area contributed by atoms with Crippen molar-refractivity contribution in [1.82, 2.24) is 20.2 Å². The van der Waals surface area contributed by atoms with Gasteiger partial charge in [-0.3, -0.25) is 4.79 Å². The van der Waals surface area contributed by atoms with Crippen LogP contribution in [-0.2, 0) is 13.1 Å². The van der Waals surface area contributed by atoms with Crippen LogP contribution in [0.25, 0.3) is 0 Å². The first-order valence-electron chi connectivity index (χ1n) is 7.97. The molecule has 1 aliphatic heterocycles. The first kappa shape index (κ1) is 16.8. The molecule has 0 unspecified atom stereocenters. The molecule has 128 valence electrons. The molecule has 24 heavy (non-hydrogen) atoms. The number of anilines is 1. The van der Waals surface area contributed by atoms with E-state index >= 15 is 0 Å². The second-order valence-electron chi connectivity index (χ2n) is 5.79. The standard InChI is InChI=1S/C16H22N6OS/c1-21-5-7-22(8-6-21)15-12(3-2-4-18-15)10-19-16(23)13-11-24-14(9-17)20-13/h2-4,11H,5-10,17H2,1H3,(H,19,23). The van der Waals surface area contributed by atoms with Crippen molar-refractivity contribution in [1.29, 1.82) is 0 Å². The maximum absolute atomic E-state index is 12.2. The van der Waals surface area contributed by atoms with E-state index in [0.29, 0.717) is 18.8 Å². The quantitative estimate of drug-likeness (QED) is 0.828. The average Bonchev–Trinajstić information content (AvgIpc) is 3.10. The minimum Gasteiger partial charge on any atom is -0.354 e. The number of carbonyl (C=O) groups excluding carboxylic acids is 1. The lowest BCUT2D eigenvalue weighted by atomic mass is 10.2. The van der Waals surface area contributed by atoms with Gasteiger partial charge < -0.3 is 20.9 Å². The van der Waals surface area contributed by atoms with Gasteiger partial charge in [0.25, 0.3) is 5.91 Å². The number of nitrogens with two attached hydrogens (primary N) is 1. The molecular formula is C16H22N6OS. The number of likely N-dealkylation sites (N-methyl/N-ethyl adjacent to an activating group) is 1. The van der Waals surface area contributed by atoms with Gasteiger partial charge in [0.15, 0.2) is 0 Å². The van der Waals surface area contributed by atoms with Crippen LogP contribution in [0.3, 0.4) is 0 Å². The van der Waals surface area contributed by atoms with Gasteiger partial charge in [0.1, 0.15) is 16.5 Å². The summed E-state index contributed by atoms with van der Waals surface area (Å²) in [6.45, 7) is 4.71. The molecule has 0 saturated carbocycles. The van der Waals surface area contributed by atoms with Crippen LogP contribution >= 0.6 is 11.3 Å². The van der Waals surface area contributed by atoms with E-state index in [9.17, 15) is 4.79 Å². The van der Waals surface area contributed by atoms with Gasteiger partial charge in [0, 0.05) is 56.4 Å². The minimum atomic E-state index is -0.181. The number of hydrogen-bond acceptors (Lipinski definition) is 7. The van der Waals surface area contributed by atoms with E-state index in [1.165, 1.54) is 11.3 Å². The smallest absolute Gasteiger partial charge is 0.271 e. The first-order valence-corrected chi connectivity index (χ1v) is 8.85. The molecule has 3 rings (SSSR count). The van der Waals surface area contributed by atoms with Crippen LogP contribution in [-0.4, -0.2) is 54.0 Å². The van der Waals surface area contributed by atoms with Gasteiger partial charge in [-0.05, 0) is 13.1 Å². The van der Waals surface area contributed by atoms with Crippen LogP contribution in [0.4, 0.5) is 5.82 Å². The van der Waals surface area contributed by atoms with Crippen molar-refractivity contribution in [2.75, 3.05) is 38.1 Å². The van der Waals surface area contributed by atoms with Gasteiger partial charge in [-0.1, -0.05) is 6.07 Å². The number of amides is 1. The number of aromatic nitrogens is 2. The monoisotopic (exact) mass is 346 g/mol. The summed E-state index contributed by atoms with van der Waals surface area (Å²) in [6.07, 6.45) is 1.80. The summed E-state index contributed by atoms with van der Waals surface area (Å²) in [5.74, 6) is 0.769. The Morgan fingerprint density at radius 1 is 1.38 bits per heavy atom. The largest absolute Gasteiger partial charge is 0.354 e. The zero-order chi connectivity index (χ0) is 16.9. The molecule has 0 aromatic carbocycles. The highest BCUT2D eigenvalue weighted by atomic mass is 32.1. The second kappa shape index (κ2) is 7.69. The predicted octanol–water partition coefficient (Wildman–Crippen LogP) is 0.679. The maximum atomic E-state index is 12.2. The van der Waals surface area contributed by atoms with Crippen molar-refractivity contribution in [2.45, 2.75) is 13.1 Å². The van der Waals surface area contributed by atoms with Crippen molar-refractivity contribution >= 4 is 23.1 Å². The van der Waals surface area contributed by atoms with Gasteiger partial charge in [-0.2, -0.15) is 0 Å². The predicted molar refractivity (Wildman–Crippen MR) is 95.1 cm³/mol. The number of nitrogens with zero attached hydrogens (tertiary/aromatic N) is 4. The molecule has 2 aromatic heterocycles. The van der Waals surface area contributed by atoms with Gasteiger partial charge in [-0.15, -0.1) is 11.3 Å². The topological polar surface area (TPSA) is 87.4 Å². The van der Waals surface area contributed by atoms with E-state index in [-0.39, 0.29) is 5.91 Å². The van der Waals surface area contributed by atoms with Crippen LogP contribution in [0.15, 0.2) is 23.7 Å². The Kier molecular flexibility index (Phi) is 5.39. The fourth-order valence-electron chi connectivity index (χ4n) is 2.65. The fourth-order valence-corrected chi connectivity index (χ4v) is 3.30. The zero-order valence-electron chi connectivity index (χ0n) is 13.7. The van der Waals surface area contributed by atoms with Crippen molar-refractivity contribution in [3.63, 3.8) is 0 Å². The molecule has 7 nitrogen and oxygen atoms in total. The summed E-state index contributed by atoms with van der Waals surface area (Å²) < 4.78 is 0. The van der Waals surface area contributed by atoms with Crippen molar-refractivity contribution in [3.8, 4) is 0 Å². The number of nitrogens with one attached hydrogen (secondary N) is 1. The Bertz CT molecular complexity index is 695. The highest BCUT2D eigenvalue weighted by Gasteiger charge is 2.18. The summed E-state index contributed by atoms with van der Waals surface area (Å²) >= 11 is 1.40. The third-order valence-electron chi connectivity index (χ3n) is 4.07. The van der Waals surface area contributed by atoms with Crippen molar-refractivity contribution in [2.24, 2.45) is 5.73 Å². The molecule has 1 aliphatic rings. The van der Waals surface area contributed by atoms with E-state index < -0.39 is 0 Å². The van der Waals surface area contributed by atoms with Gasteiger partial charge in [0.05, 0.1) is 0 Å². The van der Waals surface area contributed by atoms with Crippen molar-refractivity contribution in [3.05, 3.63) is 40.0 Å². The molecule has 8 heteroatoms. The summed E-state index contributed by atoms with van der Waals surface area (Å²) in [7, 11) is 2.13. The number of thiazole rings is 1. The Morgan fingerprint density at radius 2 is 2.17 bits per heavy atom. The molecule has 0 aliphatic carbocycles. The van der Waals surface area contributed by atoms with Gasteiger partial charge in [-0.25, -0.2) is 9.97 Å². The fraction of sp³-hybridized carbons (Fsp3) is 0.438. The highest BCUT2D eigenvalue weighted by Crippen LogP contribution is 2.19. The number of pyridine rings is 1. The molecule has 3 heterocycles. The van der Waals surface area contributed by atoms with Crippen LogP contribution < -0.4 is 16.0 Å². The van der Waals surface area contributed by atoms with E-state index in [0.717, 1.165) is 42.6 Å². The lowest BCUT2D eigenvalue weighted by Crippen LogP contribution is -2.45. The van der Waals surface area contributed by atoms with Crippen LogP contribution in [0.1, 0.15) is 21.1 Å². The zero-order valence-corrected chi connectivity index (χ0v) is 14.6. The summed E-state index contributed by atoms with van der Waals surface area (Å²) in [6, 6.07) is 3.91. The molecule has 1 fully saturated rings. The van der Waals surface area contributed by atoms with Crippen LogP contribution in [0, 0.1) is 0 Å².